The van der Waals surface area contributed by atoms with Crippen molar-refractivity contribution in [2.75, 3.05) is 37.7 Å². The number of pyridine rings is 1. The molecule has 1 atom stereocenters. The molecule has 9 nitrogen and oxygen atoms in total. The molecule has 2 aliphatic rings. The minimum atomic E-state index is -0.404. The van der Waals surface area contributed by atoms with Crippen LogP contribution in [0.15, 0.2) is 97.3 Å². The number of aromatic nitrogens is 3. The van der Waals surface area contributed by atoms with Gasteiger partial charge in [0.15, 0.2) is 0 Å². The third-order valence-corrected chi connectivity index (χ3v) is 10.9. The van der Waals surface area contributed by atoms with Gasteiger partial charge in [-0.25, -0.2) is 9.37 Å². The van der Waals surface area contributed by atoms with E-state index in [0.717, 1.165) is 42.7 Å². The lowest BCUT2D eigenvalue weighted by Gasteiger charge is -2.40. The Bertz CT molecular complexity index is 2350. The summed E-state index contributed by atoms with van der Waals surface area (Å²) in [5.41, 5.74) is 7.16. The molecular weight excluding hydrogens is 691 g/mol. The molecule has 0 radical (unpaired) electrons. The van der Waals surface area contributed by atoms with E-state index in [9.17, 15) is 14.0 Å². The van der Waals surface area contributed by atoms with Gasteiger partial charge in [-0.05, 0) is 85.1 Å². The Hall–Kier alpha value is -5.29. The molecule has 5 heterocycles. The number of hydrogen-bond donors (Lipinski definition) is 0. The van der Waals surface area contributed by atoms with E-state index < -0.39 is 5.82 Å². The molecular formula is C42H40ClFN6O3. The first-order valence-electron chi connectivity index (χ1n) is 17.8. The molecule has 2 amide bonds. The van der Waals surface area contributed by atoms with E-state index in [1.807, 2.05) is 65.5 Å². The minimum absolute atomic E-state index is 0.0360. The highest BCUT2D eigenvalue weighted by atomic mass is 35.5. The average Bonchev–Trinajstić information content (AvgIpc) is 3.69. The van der Waals surface area contributed by atoms with Crippen molar-refractivity contribution in [3.05, 3.63) is 136 Å². The fraction of sp³-hybridized carbons (Fsp3) is 0.262. The van der Waals surface area contributed by atoms with Gasteiger partial charge in [-0.2, -0.15) is 0 Å². The van der Waals surface area contributed by atoms with Gasteiger partial charge in [0.2, 0.25) is 0 Å². The lowest BCUT2D eigenvalue weighted by molar-refractivity contribution is 0.0193. The number of carbonyl (C=O) groups excluding carboxylic acids is 2. The maximum Gasteiger partial charge on any atom is 0.264 e. The molecule has 0 spiro atoms. The van der Waals surface area contributed by atoms with E-state index in [1.165, 1.54) is 17.7 Å². The number of halogens is 2. The highest BCUT2D eigenvalue weighted by Gasteiger charge is 2.34. The maximum atomic E-state index is 14.8. The van der Waals surface area contributed by atoms with E-state index in [1.54, 1.807) is 41.4 Å². The van der Waals surface area contributed by atoms with Gasteiger partial charge in [0.25, 0.3) is 11.8 Å². The number of anilines is 2. The molecule has 3 aromatic carbocycles. The Morgan fingerprint density at radius 2 is 1.68 bits per heavy atom. The smallest absolute Gasteiger partial charge is 0.264 e. The molecule has 0 N–H and O–H groups in total. The van der Waals surface area contributed by atoms with Crippen molar-refractivity contribution in [3.63, 3.8) is 0 Å². The molecule has 0 aliphatic carbocycles. The standard InChI is InChI=1S/C42H40ClFN6O3/c1-27-37(42(52)50(33-11-9-32(44)10-12-33)34-21-29-14-15-46(2)40(29)45-24-34)23-39(47(27)3)38-22-31(43)8-13-36(38)41(51)49-25-30-7-5-4-6-28(30)20-35(49)26-48-16-18-53-19-17-48/h4-15,21-24,35H,16-20,25-26H2,1-3H3/t35-/m0/s1. The van der Waals surface area contributed by atoms with Gasteiger partial charge >= 0.3 is 0 Å². The molecule has 8 rings (SSSR count). The van der Waals surface area contributed by atoms with E-state index >= 15 is 0 Å². The largest absolute Gasteiger partial charge is 0.379 e. The summed E-state index contributed by atoms with van der Waals surface area (Å²) in [5, 5.41) is 1.34. The van der Waals surface area contributed by atoms with Crippen LogP contribution in [0.2, 0.25) is 5.02 Å². The summed E-state index contributed by atoms with van der Waals surface area (Å²) in [4.78, 5) is 40.1. The fourth-order valence-electron chi connectivity index (χ4n) is 7.67. The number of hydrogen-bond acceptors (Lipinski definition) is 5. The van der Waals surface area contributed by atoms with Crippen LogP contribution in [0.5, 0.6) is 0 Å². The molecule has 2 aliphatic heterocycles. The third-order valence-electron chi connectivity index (χ3n) is 10.7. The summed E-state index contributed by atoms with van der Waals surface area (Å²) in [6, 6.07) is 25.1. The van der Waals surface area contributed by atoms with Crippen LogP contribution in [-0.4, -0.2) is 74.6 Å². The van der Waals surface area contributed by atoms with Crippen molar-refractivity contribution in [1.29, 1.82) is 0 Å². The molecule has 3 aromatic heterocycles. The van der Waals surface area contributed by atoms with Gasteiger partial charge in [0, 0.05) is 91.1 Å². The Morgan fingerprint density at radius 1 is 0.925 bits per heavy atom. The second kappa shape index (κ2) is 14.3. The molecule has 1 fully saturated rings. The zero-order valence-corrected chi connectivity index (χ0v) is 30.7. The summed E-state index contributed by atoms with van der Waals surface area (Å²) < 4.78 is 23.6. The predicted octanol–water partition coefficient (Wildman–Crippen LogP) is 7.56. The van der Waals surface area contributed by atoms with Crippen LogP contribution in [0.4, 0.5) is 15.8 Å². The SMILES string of the molecule is Cc1c(C(=O)N(c2ccc(F)cc2)c2cnc3c(ccn3C)c2)cc(-c2cc(Cl)ccc2C(=O)N2Cc3ccccc3C[C@H]2CN2CCOCC2)n1C. The van der Waals surface area contributed by atoms with Crippen LogP contribution in [0, 0.1) is 12.7 Å². The van der Waals surface area contributed by atoms with Crippen molar-refractivity contribution >= 4 is 45.8 Å². The second-order valence-corrected chi connectivity index (χ2v) is 14.3. The number of rotatable bonds is 7. The highest BCUT2D eigenvalue weighted by molar-refractivity contribution is 6.31. The molecule has 0 bridgehead atoms. The third kappa shape index (κ3) is 6.63. The fourth-order valence-corrected chi connectivity index (χ4v) is 7.85. The van der Waals surface area contributed by atoms with Crippen molar-refractivity contribution in [2.45, 2.75) is 25.9 Å². The summed E-state index contributed by atoms with van der Waals surface area (Å²) in [6.07, 6.45) is 4.32. The first-order valence-corrected chi connectivity index (χ1v) is 18.2. The number of fused-ring (bicyclic) bond motifs is 2. The molecule has 0 saturated carbocycles. The van der Waals surface area contributed by atoms with E-state index in [-0.39, 0.29) is 17.9 Å². The molecule has 1 saturated heterocycles. The van der Waals surface area contributed by atoms with Crippen LogP contribution in [-0.2, 0) is 31.8 Å². The zero-order chi connectivity index (χ0) is 36.8. The van der Waals surface area contributed by atoms with Crippen LogP contribution in [0.25, 0.3) is 22.3 Å². The number of morpholine rings is 1. The summed E-state index contributed by atoms with van der Waals surface area (Å²) >= 11 is 6.65. The van der Waals surface area contributed by atoms with Gasteiger partial charge in [0.05, 0.1) is 30.7 Å². The first-order chi connectivity index (χ1) is 25.7. The van der Waals surface area contributed by atoms with Crippen LogP contribution in [0.1, 0.15) is 37.5 Å². The quantitative estimate of drug-likeness (QED) is 0.170. The second-order valence-electron chi connectivity index (χ2n) is 13.9. The molecule has 270 valence electrons. The molecule has 6 aromatic rings. The Morgan fingerprint density at radius 3 is 2.45 bits per heavy atom. The molecule has 0 unspecified atom stereocenters. The Balaban J connectivity index is 1.18. The minimum Gasteiger partial charge on any atom is -0.379 e. The van der Waals surface area contributed by atoms with E-state index in [2.05, 4.69) is 28.1 Å². The van der Waals surface area contributed by atoms with Crippen molar-refractivity contribution in [2.24, 2.45) is 14.1 Å². The van der Waals surface area contributed by atoms with E-state index in [4.69, 9.17) is 16.3 Å². The van der Waals surface area contributed by atoms with Crippen molar-refractivity contribution < 1.29 is 18.7 Å². The zero-order valence-electron chi connectivity index (χ0n) is 29.9. The molecule has 53 heavy (non-hydrogen) atoms. The Kier molecular flexibility index (Phi) is 9.36. The summed E-state index contributed by atoms with van der Waals surface area (Å²) in [5.74, 6) is -0.814. The van der Waals surface area contributed by atoms with Crippen LogP contribution >= 0.6 is 11.6 Å². The average molecular weight is 731 g/mol. The number of carbonyl (C=O) groups is 2. The number of aryl methyl sites for hydroxylation is 1. The van der Waals surface area contributed by atoms with Crippen molar-refractivity contribution in [3.8, 4) is 11.3 Å². The first kappa shape index (κ1) is 34.8. The number of amides is 2. The lowest BCUT2D eigenvalue weighted by atomic mass is 9.92. The van der Waals surface area contributed by atoms with Gasteiger partial charge in [-0.1, -0.05) is 35.9 Å². The lowest BCUT2D eigenvalue weighted by Crippen LogP contribution is -2.52. The number of benzene rings is 3. The number of nitrogens with zero attached hydrogens (tertiary/aromatic N) is 6. The van der Waals surface area contributed by atoms with E-state index in [0.29, 0.717) is 64.2 Å². The van der Waals surface area contributed by atoms with Gasteiger partial charge < -0.3 is 18.8 Å². The Labute approximate surface area is 312 Å². The van der Waals surface area contributed by atoms with Gasteiger partial charge in [-0.15, -0.1) is 0 Å². The number of ether oxygens (including phenoxy) is 1. The topological polar surface area (TPSA) is 75.8 Å². The van der Waals surface area contributed by atoms with Crippen LogP contribution in [0.3, 0.4) is 0 Å². The van der Waals surface area contributed by atoms with Gasteiger partial charge in [-0.3, -0.25) is 19.4 Å². The summed E-state index contributed by atoms with van der Waals surface area (Å²) in [7, 11) is 3.80. The highest BCUT2D eigenvalue weighted by Crippen LogP contribution is 2.36. The molecule has 11 heteroatoms. The predicted molar refractivity (Wildman–Crippen MR) is 205 cm³/mol. The van der Waals surface area contributed by atoms with Gasteiger partial charge in [0.1, 0.15) is 11.5 Å². The maximum absolute atomic E-state index is 14.8. The van der Waals surface area contributed by atoms with Crippen molar-refractivity contribution in [1.82, 2.24) is 23.9 Å². The monoisotopic (exact) mass is 730 g/mol. The summed E-state index contributed by atoms with van der Waals surface area (Å²) in [6.45, 7) is 6.15. The van der Waals surface area contributed by atoms with Crippen LogP contribution < -0.4 is 4.90 Å². The normalized spacial score (nSPS) is 16.2.